The molecular weight excluding hydrogens is 901 g/mol. The van der Waals surface area contributed by atoms with E-state index in [9.17, 15) is 28.8 Å². The number of nitrogens with zero attached hydrogens (tertiary/aromatic N) is 8. The molecule has 7 rings (SSSR count). The van der Waals surface area contributed by atoms with Crippen LogP contribution in [0.2, 0.25) is 0 Å². The number of carbonyl (C=O) groups excluding carboxylic acids is 1. The van der Waals surface area contributed by atoms with E-state index in [2.05, 4.69) is 24.5 Å². The van der Waals surface area contributed by atoms with Gasteiger partial charge in [-0.25, -0.2) is 32.2 Å². The maximum Gasteiger partial charge on any atom is 0.511 e. The third-order valence-corrected chi connectivity index (χ3v) is 11.6. The molecular formula is C41H50ClF2N8O12P. The van der Waals surface area contributed by atoms with Crippen molar-refractivity contribution in [1.82, 2.24) is 24.1 Å². The molecule has 0 amide bonds. The van der Waals surface area contributed by atoms with Crippen LogP contribution in [0.3, 0.4) is 0 Å². The lowest BCUT2D eigenvalue weighted by Crippen LogP contribution is -3.00. The first-order chi connectivity index (χ1) is 30.6. The van der Waals surface area contributed by atoms with Crippen LogP contribution in [0.25, 0.3) is 5.69 Å². The lowest BCUT2D eigenvalue weighted by Gasteiger charge is -2.37. The summed E-state index contributed by atoms with van der Waals surface area (Å²) in [5.41, 5.74) is 1.10. The van der Waals surface area contributed by atoms with E-state index in [1.54, 1.807) is 0 Å². The topological polar surface area (TPSA) is 229 Å². The Morgan fingerprint density at radius 3 is 2.23 bits per heavy atom. The molecule has 2 saturated heterocycles. The fourth-order valence-corrected chi connectivity index (χ4v) is 8.08. The first-order valence-corrected chi connectivity index (χ1v) is 22.0. The molecule has 5 aromatic rings. The predicted molar refractivity (Wildman–Crippen MR) is 222 cm³/mol. The van der Waals surface area contributed by atoms with Gasteiger partial charge in [0.15, 0.2) is 0 Å². The Labute approximate surface area is 377 Å². The first kappa shape index (κ1) is 49.0. The molecule has 2 aliphatic rings. The number of hydrogen-bond acceptors (Lipinski definition) is 14. The number of halogens is 3. The minimum absolute atomic E-state index is 0. The van der Waals surface area contributed by atoms with Crippen LogP contribution in [0.4, 0.5) is 25.0 Å². The lowest BCUT2D eigenvalue weighted by molar-refractivity contribution is -0.754. The molecule has 0 aliphatic carbocycles. The lowest BCUT2D eigenvalue weighted by atomic mass is 9.87. The molecule has 0 bridgehead atoms. The second kappa shape index (κ2) is 21.2. The molecule has 3 aromatic carbocycles. The van der Waals surface area contributed by atoms with Crippen molar-refractivity contribution in [2.45, 2.75) is 50.8 Å². The number of benzene rings is 3. The molecule has 0 saturated carbocycles. The zero-order valence-electron chi connectivity index (χ0n) is 35.4. The van der Waals surface area contributed by atoms with E-state index >= 15 is 4.39 Å². The largest absolute Gasteiger partial charge is 1.00 e. The van der Waals surface area contributed by atoms with Gasteiger partial charge in [-0.2, -0.15) is 9.67 Å². The van der Waals surface area contributed by atoms with Crippen molar-refractivity contribution in [3.63, 3.8) is 0 Å². The Morgan fingerprint density at radius 2 is 1.62 bits per heavy atom. The predicted octanol–water partition coefficient (Wildman–Crippen LogP) is -0.167. The van der Waals surface area contributed by atoms with Gasteiger partial charge in [0.2, 0.25) is 12.6 Å². The minimum Gasteiger partial charge on any atom is -1.00 e. The van der Waals surface area contributed by atoms with Crippen LogP contribution in [-0.4, -0.2) is 116 Å². The van der Waals surface area contributed by atoms with Gasteiger partial charge in [-0.1, -0.05) is 6.07 Å². The van der Waals surface area contributed by atoms with Crippen molar-refractivity contribution >= 4 is 25.4 Å². The van der Waals surface area contributed by atoms with Gasteiger partial charge in [-0.15, -0.1) is 4.68 Å². The van der Waals surface area contributed by atoms with Gasteiger partial charge in [0.1, 0.15) is 48.5 Å². The number of rotatable bonds is 18. The number of aromatic nitrogens is 6. The summed E-state index contributed by atoms with van der Waals surface area (Å²) < 4.78 is 72.3. The van der Waals surface area contributed by atoms with Crippen molar-refractivity contribution in [2.75, 3.05) is 69.0 Å². The van der Waals surface area contributed by atoms with Crippen LogP contribution in [0.15, 0.2) is 90.5 Å². The number of hydrogen-bond donors (Lipinski definition) is 4. The molecule has 65 heavy (non-hydrogen) atoms. The van der Waals surface area contributed by atoms with Crippen molar-refractivity contribution in [3.8, 4) is 11.4 Å². The maximum absolute atomic E-state index is 15.4. The Hall–Kier alpha value is -5.45. The summed E-state index contributed by atoms with van der Waals surface area (Å²) in [7, 11) is -4.71. The number of phosphoric ester groups is 1. The summed E-state index contributed by atoms with van der Waals surface area (Å²) in [5.74, 6) is -1.04. The molecule has 20 nitrogen and oxygen atoms in total. The van der Waals surface area contributed by atoms with Crippen LogP contribution >= 0.6 is 7.82 Å². The summed E-state index contributed by atoms with van der Waals surface area (Å²) in [6, 6.07) is 17.9. The Morgan fingerprint density at radius 1 is 0.969 bits per heavy atom. The van der Waals surface area contributed by atoms with Crippen molar-refractivity contribution in [2.24, 2.45) is 5.92 Å². The average molecular weight is 951 g/mol. The monoisotopic (exact) mass is 950 g/mol. The second-order valence-corrected chi connectivity index (χ2v) is 16.8. The van der Waals surface area contributed by atoms with Gasteiger partial charge in [0.25, 0.3) is 6.33 Å². The van der Waals surface area contributed by atoms with Gasteiger partial charge in [0.05, 0.1) is 38.2 Å². The van der Waals surface area contributed by atoms with E-state index in [1.807, 2.05) is 48.5 Å². The normalized spacial score (nSPS) is 19.0. The molecule has 4 heterocycles. The maximum atomic E-state index is 15.4. The summed E-state index contributed by atoms with van der Waals surface area (Å²) in [4.78, 5) is 47.1. The van der Waals surface area contributed by atoms with Gasteiger partial charge in [-0.05, 0) is 67.9 Å². The minimum atomic E-state index is -4.71. The molecule has 5 atom stereocenters. The summed E-state index contributed by atoms with van der Waals surface area (Å²) >= 11 is 0. The molecule has 24 heteroatoms. The van der Waals surface area contributed by atoms with Crippen LogP contribution in [-0.2, 0) is 35.4 Å². The summed E-state index contributed by atoms with van der Waals surface area (Å²) in [6.45, 7) is 5.19. The fourth-order valence-electron chi connectivity index (χ4n) is 7.77. The van der Waals surface area contributed by atoms with Crippen molar-refractivity contribution in [1.29, 1.82) is 0 Å². The molecule has 4 N–H and O–H groups in total. The Kier molecular flexibility index (Phi) is 16.0. The molecule has 2 fully saturated rings. The van der Waals surface area contributed by atoms with Gasteiger partial charge in [-0.3, -0.25) is 4.52 Å². The molecule has 0 spiro atoms. The van der Waals surface area contributed by atoms with E-state index in [0.29, 0.717) is 17.9 Å². The number of ether oxygens (including phenoxy) is 4. The Balaban J connectivity index is 0.00000700. The van der Waals surface area contributed by atoms with E-state index < -0.39 is 75.1 Å². The first-order valence-electron chi connectivity index (χ1n) is 20.5. The van der Waals surface area contributed by atoms with E-state index in [-0.39, 0.29) is 43.6 Å². The van der Waals surface area contributed by atoms with Gasteiger partial charge in [0, 0.05) is 67.1 Å². The van der Waals surface area contributed by atoms with E-state index in [0.717, 1.165) is 48.3 Å². The third kappa shape index (κ3) is 12.1. The standard InChI is InChI=1S/C41H49F2N8O12P.ClH/c1-28(53)38(21-52)51-39(54)50(26-45-51)34-6-4-32(5-7-34)46-13-15-47(16-14-46)33-8-10-35(11-9-33)60-22-30-20-41(61-23-30,36-12-3-31(42)19-37(36)43)24-49-27-48(25-44-49)29(2)63-40(55)59-17-18-62-64(56,57)58;/h3-12,19,25-30,38,52-53H,13-18,20-24H2,1-2H3,(H-,56,57,58);1H/t28-,29?,30+,38-,41-;/m0./s1. The number of aliphatic hydroxyl groups excluding tert-OH is 2. The molecule has 2 aromatic heterocycles. The highest BCUT2D eigenvalue weighted by molar-refractivity contribution is 7.46. The number of phosphoric acid groups is 1. The number of anilines is 2. The zero-order valence-corrected chi connectivity index (χ0v) is 37.0. The summed E-state index contributed by atoms with van der Waals surface area (Å²) in [5, 5.41) is 28.0. The van der Waals surface area contributed by atoms with E-state index in [1.165, 1.54) is 58.8 Å². The molecule has 0 radical (unpaired) electrons. The quantitative estimate of drug-likeness (QED) is 0.0387. The summed E-state index contributed by atoms with van der Waals surface area (Å²) in [6.07, 6.45) is 1.60. The van der Waals surface area contributed by atoms with Gasteiger partial charge < -0.3 is 61.2 Å². The number of piperazine rings is 1. The second-order valence-electron chi connectivity index (χ2n) is 15.5. The molecule has 352 valence electrons. The Bertz CT molecular complexity index is 2460. The highest BCUT2D eigenvalue weighted by Gasteiger charge is 2.46. The van der Waals surface area contributed by atoms with Crippen LogP contribution in [0.1, 0.15) is 38.1 Å². The molecule has 2 aliphatic heterocycles. The number of carbonyl (C=O) groups is 1. The highest BCUT2D eigenvalue weighted by Crippen LogP contribution is 2.42. The van der Waals surface area contributed by atoms with Crippen molar-refractivity contribution < 1.29 is 78.6 Å². The molecule has 1 unspecified atom stereocenters. The van der Waals surface area contributed by atoms with Gasteiger partial charge >= 0.3 is 19.7 Å². The smallest absolute Gasteiger partial charge is 0.511 e. The average Bonchev–Trinajstić information content (AvgIpc) is 4.01. The van der Waals surface area contributed by atoms with Crippen LogP contribution in [0, 0.1) is 17.6 Å². The third-order valence-electron chi connectivity index (χ3n) is 11.1. The van der Waals surface area contributed by atoms with E-state index in [4.69, 9.17) is 28.7 Å². The van der Waals surface area contributed by atoms with Crippen LogP contribution in [0.5, 0.6) is 5.75 Å². The fraction of sp³-hybridized carbons (Fsp3) is 0.439. The SMILES string of the molecule is CC(OC(=O)OCCOP(=O)(O)O)[n+]1cnn(C[C@]2(c3ccc(F)cc3F)C[C@H](COc3ccc(N4CCN(c5ccc(-n6cnn([C@@H](CO)[C@H](C)O)c6=O)cc5)CC4)cc3)CO2)c1.[Cl-]. The highest BCUT2D eigenvalue weighted by atomic mass is 35.5. The number of aliphatic hydroxyl groups is 2. The van der Waals surface area contributed by atoms with Crippen LogP contribution < -0.4 is 37.2 Å². The zero-order chi connectivity index (χ0) is 45.6. The van der Waals surface area contributed by atoms with Crippen molar-refractivity contribution in [3.05, 3.63) is 113 Å².